The molecule has 0 aliphatic rings. The van der Waals surface area contributed by atoms with Gasteiger partial charge < -0.3 is 14.8 Å². The first kappa shape index (κ1) is 21.0. The van der Waals surface area contributed by atoms with E-state index in [4.69, 9.17) is 9.47 Å². The minimum absolute atomic E-state index is 0.121. The van der Waals surface area contributed by atoms with E-state index in [9.17, 15) is 4.79 Å². The number of carbonyl (C=O) groups is 1. The predicted octanol–water partition coefficient (Wildman–Crippen LogP) is 3.31. The van der Waals surface area contributed by atoms with Gasteiger partial charge in [-0.3, -0.25) is 4.79 Å². The number of amides is 1. The Hall–Kier alpha value is -3.30. The smallest absolute Gasteiger partial charge is 0.261 e. The molecule has 31 heavy (non-hydrogen) atoms. The quantitative estimate of drug-likeness (QED) is 0.455. The van der Waals surface area contributed by atoms with Gasteiger partial charge in [-0.15, -0.1) is 11.3 Å². The first-order valence-electron chi connectivity index (χ1n) is 9.80. The van der Waals surface area contributed by atoms with Gasteiger partial charge in [-0.2, -0.15) is 10.1 Å². The van der Waals surface area contributed by atoms with Crippen LogP contribution in [-0.4, -0.2) is 46.4 Å². The zero-order chi connectivity index (χ0) is 21.8. The highest BCUT2D eigenvalue weighted by Crippen LogP contribution is 2.35. The number of benzene rings is 1. The molecule has 0 spiro atoms. The van der Waals surface area contributed by atoms with Crippen LogP contribution in [0.2, 0.25) is 0 Å². The number of hydrogen-bond acceptors (Lipinski definition) is 7. The molecule has 4 aromatic rings. The summed E-state index contributed by atoms with van der Waals surface area (Å²) in [7, 11) is 3.15. The molecule has 0 bridgehead atoms. The van der Waals surface area contributed by atoms with Crippen LogP contribution < -0.4 is 10.1 Å². The van der Waals surface area contributed by atoms with E-state index < -0.39 is 0 Å². The van der Waals surface area contributed by atoms with Crippen molar-refractivity contribution in [1.82, 2.24) is 25.1 Å². The standard InChI is InChI=1S/C22H23N5O3S/c1-14-18-21(30-3)25-17(13-29-2)26-22(18)31-19(14)20(28)23-11-9-15-5-7-16(8-6-15)27-12-4-10-24-27/h4-8,10,12H,9,11,13H2,1-3H3,(H,23,28). The Balaban J connectivity index is 1.44. The van der Waals surface area contributed by atoms with Crippen LogP contribution in [0.1, 0.15) is 26.6 Å². The minimum atomic E-state index is -0.121. The van der Waals surface area contributed by atoms with E-state index in [-0.39, 0.29) is 12.5 Å². The predicted molar refractivity (Wildman–Crippen MR) is 119 cm³/mol. The summed E-state index contributed by atoms with van der Waals surface area (Å²) >= 11 is 1.34. The molecule has 0 radical (unpaired) electrons. The van der Waals surface area contributed by atoms with Gasteiger partial charge in [-0.05, 0) is 42.7 Å². The van der Waals surface area contributed by atoms with Gasteiger partial charge in [0.15, 0.2) is 5.82 Å². The van der Waals surface area contributed by atoms with Gasteiger partial charge in [0.2, 0.25) is 5.88 Å². The summed E-state index contributed by atoms with van der Waals surface area (Å²) in [6.07, 6.45) is 4.38. The van der Waals surface area contributed by atoms with Crippen LogP contribution in [0.3, 0.4) is 0 Å². The lowest BCUT2D eigenvalue weighted by atomic mass is 10.1. The molecule has 9 heteroatoms. The zero-order valence-electron chi connectivity index (χ0n) is 17.6. The van der Waals surface area contributed by atoms with Crippen molar-refractivity contribution in [3.8, 4) is 11.6 Å². The monoisotopic (exact) mass is 437 g/mol. The van der Waals surface area contributed by atoms with Crippen LogP contribution in [0.5, 0.6) is 5.88 Å². The number of hydrogen-bond donors (Lipinski definition) is 1. The first-order valence-corrected chi connectivity index (χ1v) is 10.6. The van der Waals surface area contributed by atoms with Crippen molar-refractivity contribution in [3.63, 3.8) is 0 Å². The molecule has 1 aromatic carbocycles. The highest BCUT2D eigenvalue weighted by Gasteiger charge is 2.21. The Bertz CT molecular complexity index is 1190. The molecule has 3 heterocycles. The van der Waals surface area contributed by atoms with E-state index in [1.54, 1.807) is 20.4 Å². The van der Waals surface area contributed by atoms with Crippen LogP contribution in [0.4, 0.5) is 0 Å². The number of aryl methyl sites for hydroxylation is 1. The average molecular weight is 438 g/mol. The highest BCUT2D eigenvalue weighted by molar-refractivity contribution is 7.20. The maximum absolute atomic E-state index is 12.8. The van der Waals surface area contributed by atoms with Gasteiger partial charge in [-0.25, -0.2) is 9.67 Å². The first-order chi connectivity index (χ1) is 15.1. The Morgan fingerprint density at radius 2 is 2.00 bits per heavy atom. The van der Waals surface area contributed by atoms with Crippen molar-refractivity contribution in [2.45, 2.75) is 20.0 Å². The molecule has 0 aliphatic heterocycles. The molecule has 0 unspecified atom stereocenters. The maximum Gasteiger partial charge on any atom is 0.261 e. The van der Waals surface area contributed by atoms with Gasteiger partial charge in [0, 0.05) is 26.0 Å². The average Bonchev–Trinajstić information content (AvgIpc) is 3.42. The Kier molecular flexibility index (Phi) is 6.24. The highest BCUT2D eigenvalue weighted by atomic mass is 32.1. The minimum Gasteiger partial charge on any atom is -0.480 e. The van der Waals surface area contributed by atoms with Gasteiger partial charge in [0.25, 0.3) is 5.91 Å². The Morgan fingerprint density at radius 1 is 1.19 bits per heavy atom. The molecule has 0 fully saturated rings. The second kappa shape index (κ2) is 9.23. The van der Waals surface area contributed by atoms with Gasteiger partial charge in [-0.1, -0.05) is 12.1 Å². The number of carbonyl (C=O) groups excluding carboxylic acids is 1. The van der Waals surface area contributed by atoms with E-state index in [0.29, 0.717) is 23.1 Å². The summed E-state index contributed by atoms with van der Waals surface area (Å²) in [6.45, 7) is 2.71. The maximum atomic E-state index is 12.8. The molecule has 1 amide bonds. The van der Waals surface area contributed by atoms with Crippen molar-refractivity contribution in [2.24, 2.45) is 0 Å². The molecule has 0 atom stereocenters. The third-order valence-corrected chi connectivity index (χ3v) is 6.07. The van der Waals surface area contributed by atoms with Crippen molar-refractivity contribution < 1.29 is 14.3 Å². The summed E-state index contributed by atoms with van der Waals surface area (Å²) < 4.78 is 12.4. The number of thiophene rings is 1. The molecule has 1 N–H and O–H groups in total. The normalized spacial score (nSPS) is 11.1. The largest absolute Gasteiger partial charge is 0.480 e. The lowest BCUT2D eigenvalue weighted by molar-refractivity contribution is 0.0957. The zero-order valence-corrected chi connectivity index (χ0v) is 18.4. The van der Waals surface area contributed by atoms with Crippen LogP contribution >= 0.6 is 11.3 Å². The topological polar surface area (TPSA) is 91.2 Å². The lowest BCUT2D eigenvalue weighted by Crippen LogP contribution is -2.25. The Morgan fingerprint density at radius 3 is 2.68 bits per heavy atom. The molecule has 0 aliphatic carbocycles. The third-order valence-electron chi connectivity index (χ3n) is 4.88. The fourth-order valence-corrected chi connectivity index (χ4v) is 4.45. The van der Waals surface area contributed by atoms with E-state index in [1.165, 1.54) is 11.3 Å². The Labute approximate surface area is 183 Å². The second-order valence-electron chi connectivity index (χ2n) is 6.94. The number of nitrogens with one attached hydrogen (secondary N) is 1. The summed E-state index contributed by atoms with van der Waals surface area (Å²) in [5, 5.41) is 8.00. The molecule has 160 valence electrons. The molecule has 3 aromatic heterocycles. The van der Waals surface area contributed by atoms with Crippen LogP contribution in [0.25, 0.3) is 15.9 Å². The fraction of sp³-hybridized carbons (Fsp3) is 0.273. The van der Waals surface area contributed by atoms with Crippen molar-refractivity contribution >= 4 is 27.5 Å². The van der Waals surface area contributed by atoms with E-state index in [2.05, 4.69) is 20.4 Å². The van der Waals surface area contributed by atoms with Gasteiger partial charge in [0.1, 0.15) is 11.4 Å². The molecule has 0 saturated heterocycles. The number of aromatic nitrogens is 4. The number of fused-ring (bicyclic) bond motifs is 1. The van der Waals surface area contributed by atoms with Crippen LogP contribution in [-0.2, 0) is 17.8 Å². The summed E-state index contributed by atoms with van der Waals surface area (Å²) in [6, 6.07) is 10.0. The summed E-state index contributed by atoms with van der Waals surface area (Å²) in [4.78, 5) is 23.0. The number of methoxy groups -OCH3 is 2. The number of rotatable bonds is 8. The molecule has 8 nitrogen and oxygen atoms in total. The van der Waals surface area contributed by atoms with Crippen LogP contribution in [0.15, 0.2) is 42.7 Å². The van der Waals surface area contributed by atoms with Crippen molar-refractivity contribution in [1.29, 1.82) is 0 Å². The lowest BCUT2D eigenvalue weighted by Gasteiger charge is -2.07. The molecule has 0 saturated carbocycles. The van der Waals surface area contributed by atoms with Crippen molar-refractivity contribution in [2.75, 3.05) is 20.8 Å². The SMILES string of the molecule is COCc1nc(OC)c2c(C)c(C(=O)NCCc3ccc(-n4cccn4)cc3)sc2n1. The molecular formula is C22H23N5O3S. The summed E-state index contributed by atoms with van der Waals surface area (Å²) in [5.41, 5.74) is 2.96. The molecular weight excluding hydrogens is 414 g/mol. The summed E-state index contributed by atoms with van der Waals surface area (Å²) in [5.74, 6) is 0.866. The number of nitrogens with zero attached hydrogens (tertiary/aromatic N) is 4. The third kappa shape index (κ3) is 4.42. The van der Waals surface area contributed by atoms with E-state index >= 15 is 0 Å². The van der Waals surface area contributed by atoms with E-state index in [0.717, 1.165) is 33.5 Å². The fourth-order valence-electron chi connectivity index (χ4n) is 3.34. The van der Waals surface area contributed by atoms with Crippen LogP contribution in [0, 0.1) is 6.92 Å². The van der Waals surface area contributed by atoms with Crippen molar-refractivity contribution in [3.05, 3.63) is 64.6 Å². The van der Waals surface area contributed by atoms with Gasteiger partial charge >= 0.3 is 0 Å². The van der Waals surface area contributed by atoms with Gasteiger partial charge in [0.05, 0.1) is 23.1 Å². The number of ether oxygens (including phenoxy) is 2. The molecule has 4 rings (SSSR count). The van der Waals surface area contributed by atoms with E-state index in [1.807, 2.05) is 48.1 Å². The second-order valence-corrected chi connectivity index (χ2v) is 7.94.